The summed E-state index contributed by atoms with van der Waals surface area (Å²) in [6.45, 7) is 7.38. The lowest BCUT2D eigenvalue weighted by Crippen LogP contribution is -2.30. The molecule has 0 saturated carbocycles. The van der Waals surface area contributed by atoms with E-state index in [9.17, 15) is 43.2 Å². The van der Waals surface area contributed by atoms with Crippen molar-refractivity contribution < 1.29 is 80.2 Å². The first-order chi connectivity index (χ1) is 53.5. The molecule has 0 aliphatic heterocycles. The summed E-state index contributed by atoms with van der Waals surface area (Å²) in [5.41, 5.74) is 0. The number of carbonyl (C=O) groups excluding carboxylic acids is 4. The van der Waals surface area contributed by atoms with E-state index in [0.717, 1.165) is 95.8 Å². The Hall–Kier alpha value is -1.94. The molecule has 0 rings (SSSR count). The van der Waals surface area contributed by atoms with Crippen LogP contribution in [0.5, 0.6) is 0 Å². The van der Waals surface area contributed by atoms with Gasteiger partial charge in [-0.05, 0) is 31.6 Å². The monoisotopic (exact) mass is 1610 g/mol. The van der Waals surface area contributed by atoms with Gasteiger partial charge in [-0.1, -0.05) is 446 Å². The van der Waals surface area contributed by atoms with Gasteiger partial charge >= 0.3 is 39.5 Å². The molecule has 0 heterocycles. The standard InChI is InChI=1S/C91H178O17P2/c1-6-9-12-15-18-21-24-27-30-33-36-37-39-42-45-48-51-56-62-67-72-76-90(95)107-86(80-101-88(93)74-69-64-59-54-49-46-43-41-38-34-31-28-25-22-19-16-13-10-7-2)82-105-109(97,98)103-78-85(92)79-104-110(99,100)106-83-87(81-102-89(94)75-70-65-60-57-52-53-58-63-68-73-84(4)5)108-91(96)77-71-66-61-55-50-47-44-40-35-32-29-26-23-20-17-14-11-8-3/h84-87,92H,6-83H2,1-5H3,(H,97,98)(H,99,100)/t85-,86-,87-/m1/s1. The maximum Gasteiger partial charge on any atom is 0.472 e. The van der Waals surface area contributed by atoms with Crippen LogP contribution in [0.2, 0.25) is 0 Å². The fourth-order valence-corrected chi connectivity index (χ4v) is 15.9. The third-order valence-electron chi connectivity index (χ3n) is 21.5. The van der Waals surface area contributed by atoms with Crippen LogP contribution < -0.4 is 0 Å². The molecule has 0 saturated heterocycles. The molecule has 17 nitrogen and oxygen atoms in total. The molecule has 19 heteroatoms. The second-order valence-electron chi connectivity index (χ2n) is 33.2. The van der Waals surface area contributed by atoms with Gasteiger partial charge in [-0.3, -0.25) is 37.3 Å². The third kappa shape index (κ3) is 84.0. The fourth-order valence-electron chi connectivity index (χ4n) is 14.4. The van der Waals surface area contributed by atoms with E-state index in [4.69, 9.17) is 37.0 Å². The SMILES string of the molecule is CCCCCCCCCCCCCCCCCCCCCCCC(=O)O[C@H](COC(=O)CCCCCCCCCCCCCCCCCCCCC)COP(=O)(O)OC[C@@H](O)COP(=O)(O)OC[C@@H](COC(=O)CCCCCCCCCCCC(C)C)OC(=O)CCCCCCCCCCCCCCCCCCCC. The van der Waals surface area contributed by atoms with Crippen molar-refractivity contribution in [2.75, 3.05) is 39.6 Å². The summed E-state index contributed by atoms with van der Waals surface area (Å²) in [6.07, 6.45) is 79.3. The summed E-state index contributed by atoms with van der Waals surface area (Å²) < 4.78 is 69.1. The summed E-state index contributed by atoms with van der Waals surface area (Å²) >= 11 is 0. The van der Waals surface area contributed by atoms with Gasteiger partial charge in [0, 0.05) is 25.7 Å². The lowest BCUT2D eigenvalue weighted by Gasteiger charge is -2.21. The van der Waals surface area contributed by atoms with Gasteiger partial charge in [-0.25, -0.2) is 9.13 Å². The lowest BCUT2D eigenvalue weighted by molar-refractivity contribution is -0.161. The Bertz CT molecular complexity index is 2080. The quantitative estimate of drug-likeness (QED) is 0.0222. The molecule has 0 aliphatic carbocycles. The predicted octanol–water partition coefficient (Wildman–Crippen LogP) is 28.3. The highest BCUT2D eigenvalue weighted by Crippen LogP contribution is 2.45. The number of phosphoric acid groups is 2. The van der Waals surface area contributed by atoms with E-state index in [2.05, 4.69) is 34.6 Å². The normalized spacial score (nSPS) is 13.7. The lowest BCUT2D eigenvalue weighted by atomic mass is 10.0. The molecule has 0 aromatic rings. The van der Waals surface area contributed by atoms with Crippen LogP contribution in [0.3, 0.4) is 0 Å². The smallest absolute Gasteiger partial charge is 0.462 e. The Balaban J connectivity index is 5.24. The van der Waals surface area contributed by atoms with E-state index in [0.29, 0.717) is 25.7 Å². The van der Waals surface area contributed by atoms with Gasteiger partial charge in [-0.2, -0.15) is 0 Å². The molecule has 3 N–H and O–H groups in total. The first-order valence-corrected chi connectivity index (χ1v) is 50.1. The first kappa shape index (κ1) is 108. The number of aliphatic hydroxyl groups is 1. The second-order valence-corrected chi connectivity index (χ2v) is 36.1. The molecule has 5 atom stereocenters. The van der Waals surface area contributed by atoms with Gasteiger partial charge in [0.2, 0.25) is 0 Å². The van der Waals surface area contributed by atoms with Gasteiger partial charge in [0.25, 0.3) is 0 Å². The zero-order chi connectivity index (χ0) is 80.4. The number of hydrogen-bond acceptors (Lipinski definition) is 15. The minimum Gasteiger partial charge on any atom is -0.462 e. The number of phosphoric ester groups is 2. The van der Waals surface area contributed by atoms with Crippen LogP contribution >= 0.6 is 15.6 Å². The summed E-state index contributed by atoms with van der Waals surface area (Å²) in [5, 5.41) is 10.7. The van der Waals surface area contributed by atoms with Crippen molar-refractivity contribution in [3.05, 3.63) is 0 Å². The van der Waals surface area contributed by atoms with Gasteiger partial charge in [-0.15, -0.1) is 0 Å². The first-order valence-electron chi connectivity index (χ1n) is 47.1. The van der Waals surface area contributed by atoms with E-state index in [1.807, 2.05) is 0 Å². The zero-order valence-electron chi connectivity index (χ0n) is 72.4. The van der Waals surface area contributed by atoms with Crippen LogP contribution in [0.1, 0.15) is 497 Å². The van der Waals surface area contributed by atoms with E-state index in [1.165, 1.54) is 321 Å². The van der Waals surface area contributed by atoms with Crippen LogP contribution in [0.15, 0.2) is 0 Å². The Morgan fingerprint density at radius 2 is 0.418 bits per heavy atom. The van der Waals surface area contributed by atoms with Crippen LogP contribution in [-0.4, -0.2) is 96.7 Å². The van der Waals surface area contributed by atoms with Gasteiger partial charge in [0.1, 0.15) is 19.3 Å². The van der Waals surface area contributed by atoms with E-state index >= 15 is 0 Å². The molecule has 110 heavy (non-hydrogen) atoms. The maximum atomic E-state index is 13.2. The molecule has 0 aromatic carbocycles. The van der Waals surface area contributed by atoms with Gasteiger partial charge in [0.15, 0.2) is 12.2 Å². The van der Waals surface area contributed by atoms with E-state index in [-0.39, 0.29) is 25.7 Å². The molecular weight excluding hydrogens is 1430 g/mol. The molecule has 0 fully saturated rings. The molecule has 0 aromatic heterocycles. The molecular formula is C91H178O17P2. The summed E-state index contributed by atoms with van der Waals surface area (Å²) in [7, 11) is -9.94. The Kier molecular flexibility index (Phi) is 82.1. The van der Waals surface area contributed by atoms with Crippen LogP contribution in [0.25, 0.3) is 0 Å². The number of aliphatic hydroxyl groups excluding tert-OH is 1. The van der Waals surface area contributed by atoms with Crippen LogP contribution in [0.4, 0.5) is 0 Å². The van der Waals surface area contributed by atoms with E-state index in [1.54, 1.807) is 0 Å². The molecule has 0 radical (unpaired) electrons. The average molecular weight is 1610 g/mol. The molecule has 0 spiro atoms. The summed E-state index contributed by atoms with van der Waals surface area (Å²) in [5.74, 6) is -1.35. The average Bonchev–Trinajstić information content (AvgIpc) is 0.897. The van der Waals surface area contributed by atoms with Crippen molar-refractivity contribution in [1.29, 1.82) is 0 Å². The van der Waals surface area contributed by atoms with Gasteiger partial charge < -0.3 is 33.8 Å². The minimum absolute atomic E-state index is 0.109. The largest absolute Gasteiger partial charge is 0.472 e. The Morgan fingerprint density at radius 1 is 0.245 bits per heavy atom. The summed E-state index contributed by atoms with van der Waals surface area (Å²) in [4.78, 5) is 73.4. The van der Waals surface area contributed by atoms with Crippen molar-refractivity contribution in [2.45, 2.75) is 515 Å². The Morgan fingerprint density at radius 3 is 0.618 bits per heavy atom. The van der Waals surface area contributed by atoms with Crippen LogP contribution in [-0.2, 0) is 65.4 Å². The highest BCUT2D eigenvalue weighted by atomic mass is 31.2. The highest BCUT2D eigenvalue weighted by molar-refractivity contribution is 7.47. The van der Waals surface area contributed by atoms with Crippen molar-refractivity contribution >= 4 is 39.5 Å². The van der Waals surface area contributed by atoms with Crippen molar-refractivity contribution in [2.24, 2.45) is 5.92 Å². The molecule has 654 valence electrons. The molecule has 0 amide bonds. The van der Waals surface area contributed by atoms with Crippen LogP contribution in [0, 0.1) is 5.92 Å². The number of rotatable bonds is 91. The molecule has 2 unspecified atom stereocenters. The summed E-state index contributed by atoms with van der Waals surface area (Å²) in [6, 6.07) is 0. The number of esters is 4. The van der Waals surface area contributed by atoms with Crippen molar-refractivity contribution in [1.82, 2.24) is 0 Å². The minimum atomic E-state index is -4.97. The highest BCUT2D eigenvalue weighted by Gasteiger charge is 2.31. The second kappa shape index (κ2) is 83.5. The van der Waals surface area contributed by atoms with Gasteiger partial charge in [0.05, 0.1) is 26.4 Å². The third-order valence-corrected chi connectivity index (χ3v) is 23.4. The molecule has 0 aliphatic rings. The fraction of sp³-hybridized carbons (Fsp3) is 0.956. The maximum absolute atomic E-state index is 13.2. The zero-order valence-corrected chi connectivity index (χ0v) is 74.2. The van der Waals surface area contributed by atoms with Crippen molar-refractivity contribution in [3.63, 3.8) is 0 Å². The van der Waals surface area contributed by atoms with Crippen molar-refractivity contribution in [3.8, 4) is 0 Å². The number of hydrogen-bond donors (Lipinski definition) is 3. The topological polar surface area (TPSA) is 237 Å². The van der Waals surface area contributed by atoms with E-state index < -0.39 is 97.5 Å². The molecule has 0 bridgehead atoms. The predicted molar refractivity (Wildman–Crippen MR) is 455 cm³/mol. The number of carbonyl (C=O) groups is 4. The Labute approximate surface area is 677 Å². The number of ether oxygens (including phenoxy) is 4. The number of unbranched alkanes of at least 4 members (excludes halogenated alkanes) is 63.